The SMILES string of the molecule is COc1ncc(-c2ccc3nncc(-c4ccncc4)c3c2)cc1NS(=O)(=O)c1ccc(F)cc1F. The summed E-state index contributed by atoms with van der Waals surface area (Å²) in [7, 11) is -3.08. The fourth-order valence-electron chi connectivity index (χ4n) is 3.74. The lowest BCUT2D eigenvalue weighted by atomic mass is 9.99. The number of anilines is 1. The number of aromatic nitrogens is 4. The molecule has 1 N–H and O–H groups in total. The number of methoxy groups -OCH3 is 1. The van der Waals surface area contributed by atoms with Crippen LogP contribution in [0.15, 0.2) is 84.3 Å². The molecule has 0 bridgehead atoms. The first-order chi connectivity index (χ1) is 17.4. The largest absolute Gasteiger partial charge is 0.480 e. The Kier molecular flexibility index (Phi) is 5.98. The predicted molar refractivity (Wildman–Crippen MR) is 130 cm³/mol. The highest BCUT2D eigenvalue weighted by Crippen LogP contribution is 2.34. The van der Waals surface area contributed by atoms with Gasteiger partial charge in [0.05, 0.1) is 18.8 Å². The van der Waals surface area contributed by atoms with Gasteiger partial charge in [-0.25, -0.2) is 22.2 Å². The van der Waals surface area contributed by atoms with E-state index < -0.39 is 26.6 Å². The molecule has 0 aliphatic carbocycles. The quantitative estimate of drug-likeness (QED) is 0.352. The fourth-order valence-corrected chi connectivity index (χ4v) is 4.85. The first kappa shape index (κ1) is 23.2. The molecule has 0 fully saturated rings. The minimum absolute atomic E-state index is 0.0129. The molecular weight excluding hydrogens is 488 g/mol. The van der Waals surface area contributed by atoms with Crippen molar-refractivity contribution >= 4 is 26.6 Å². The molecule has 0 aliphatic rings. The Hall–Kier alpha value is -4.51. The topological polar surface area (TPSA) is 107 Å². The van der Waals surface area contributed by atoms with Crippen LogP contribution in [0.25, 0.3) is 33.2 Å². The number of ether oxygens (including phenoxy) is 1. The first-order valence-electron chi connectivity index (χ1n) is 10.5. The van der Waals surface area contributed by atoms with Gasteiger partial charge in [0.25, 0.3) is 10.0 Å². The van der Waals surface area contributed by atoms with E-state index >= 15 is 0 Å². The van der Waals surface area contributed by atoms with Crippen molar-refractivity contribution in [3.63, 3.8) is 0 Å². The van der Waals surface area contributed by atoms with E-state index in [1.54, 1.807) is 30.7 Å². The second-order valence-electron chi connectivity index (χ2n) is 7.69. The van der Waals surface area contributed by atoms with Crippen LogP contribution in [-0.2, 0) is 10.0 Å². The third-order valence-corrected chi connectivity index (χ3v) is 6.83. The van der Waals surface area contributed by atoms with Gasteiger partial charge in [0, 0.05) is 41.2 Å². The van der Waals surface area contributed by atoms with Gasteiger partial charge in [0.1, 0.15) is 22.2 Å². The van der Waals surface area contributed by atoms with E-state index in [4.69, 9.17) is 4.74 Å². The van der Waals surface area contributed by atoms with E-state index in [0.29, 0.717) is 17.1 Å². The van der Waals surface area contributed by atoms with Crippen molar-refractivity contribution in [1.29, 1.82) is 0 Å². The number of hydrogen-bond donors (Lipinski definition) is 1. The molecule has 8 nitrogen and oxygen atoms in total. The van der Waals surface area contributed by atoms with Crippen LogP contribution in [0.2, 0.25) is 0 Å². The van der Waals surface area contributed by atoms with Crippen LogP contribution in [-0.4, -0.2) is 35.7 Å². The van der Waals surface area contributed by atoms with Crippen molar-refractivity contribution in [2.75, 3.05) is 11.8 Å². The molecule has 0 aliphatic heterocycles. The number of hydrogen-bond acceptors (Lipinski definition) is 7. The molecule has 5 aromatic rings. The van der Waals surface area contributed by atoms with Gasteiger partial charge >= 0.3 is 0 Å². The van der Waals surface area contributed by atoms with Gasteiger partial charge in [0.2, 0.25) is 5.88 Å². The number of fused-ring (bicyclic) bond motifs is 1. The highest BCUT2D eigenvalue weighted by molar-refractivity contribution is 7.92. The number of benzene rings is 2. The Morgan fingerprint density at radius 3 is 2.44 bits per heavy atom. The summed E-state index contributed by atoms with van der Waals surface area (Å²) < 4.78 is 60.6. The highest BCUT2D eigenvalue weighted by Gasteiger charge is 2.22. The molecule has 0 unspecified atom stereocenters. The number of rotatable bonds is 6. The molecule has 0 saturated carbocycles. The van der Waals surface area contributed by atoms with Crippen molar-refractivity contribution in [2.45, 2.75) is 4.90 Å². The molecule has 36 heavy (non-hydrogen) atoms. The van der Waals surface area contributed by atoms with Crippen LogP contribution < -0.4 is 9.46 Å². The molecule has 0 radical (unpaired) electrons. The average molecular weight is 506 g/mol. The van der Waals surface area contributed by atoms with Gasteiger partial charge in [-0.3, -0.25) is 9.71 Å². The minimum atomic E-state index is -4.41. The Morgan fingerprint density at radius 1 is 0.889 bits per heavy atom. The lowest BCUT2D eigenvalue weighted by Gasteiger charge is -2.14. The van der Waals surface area contributed by atoms with Gasteiger partial charge in [-0.05, 0) is 53.6 Å². The monoisotopic (exact) mass is 505 g/mol. The summed E-state index contributed by atoms with van der Waals surface area (Å²) in [5.41, 5.74) is 3.69. The van der Waals surface area contributed by atoms with Crippen molar-refractivity contribution in [1.82, 2.24) is 20.2 Å². The lowest BCUT2D eigenvalue weighted by Crippen LogP contribution is -2.15. The average Bonchev–Trinajstić information content (AvgIpc) is 2.88. The summed E-state index contributed by atoms with van der Waals surface area (Å²) in [6.07, 6.45) is 6.55. The normalized spacial score (nSPS) is 11.4. The molecule has 0 atom stereocenters. The van der Waals surface area contributed by atoms with E-state index in [1.807, 2.05) is 18.2 Å². The second kappa shape index (κ2) is 9.27. The summed E-state index contributed by atoms with van der Waals surface area (Å²) in [5, 5.41) is 9.09. The molecule has 3 heterocycles. The van der Waals surface area contributed by atoms with Crippen LogP contribution in [0.5, 0.6) is 5.88 Å². The highest BCUT2D eigenvalue weighted by atomic mass is 32.2. The number of nitrogens with zero attached hydrogens (tertiary/aromatic N) is 4. The number of sulfonamides is 1. The van der Waals surface area contributed by atoms with Crippen LogP contribution >= 0.6 is 0 Å². The van der Waals surface area contributed by atoms with Crippen molar-refractivity contribution in [3.8, 4) is 28.1 Å². The lowest BCUT2D eigenvalue weighted by molar-refractivity contribution is 0.400. The first-order valence-corrected chi connectivity index (χ1v) is 12.0. The maximum Gasteiger partial charge on any atom is 0.264 e. The van der Waals surface area contributed by atoms with Gasteiger partial charge in [-0.15, -0.1) is 0 Å². The minimum Gasteiger partial charge on any atom is -0.480 e. The van der Waals surface area contributed by atoms with Crippen molar-refractivity contribution in [3.05, 3.63) is 91.0 Å². The Balaban J connectivity index is 1.58. The third kappa shape index (κ3) is 4.43. The zero-order chi connectivity index (χ0) is 25.3. The van der Waals surface area contributed by atoms with Crippen LogP contribution in [0.1, 0.15) is 0 Å². The molecule has 0 saturated heterocycles. The van der Waals surface area contributed by atoms with E-state index in [9.17, 15) is 17.2 Å². The molecule has 180 valence electrons. The molecule has 11 heteroatoms. The summed E-state index contributed by atoms with van der Waals surface area (Å²) >= 11 is 0. The van der Waals surface area contributed by atoms with Gasteiger partial charge < -0.3 is 4.74 Å². The molecular formula is C25H17F2N5O3S. The maximum absolute atomic E-state index is 14.2. The smallest absolute Gasteiger partial charge is 0.264 e. The maximum atomic E-state index is 14.2. The van der Waals surface area contributed by atoms with E-state index in [0.717, 1.165) is 34.2 Å². The predicted octanol–water partition coefficient (Wildman–Crippen LogP) is 4.84. The van der Waals surface area contributed by atoms with Crippen molar-refractivity contribution in [2.24, 2.45) is 0 Å². The molecule has 3 aromatic heterocycles. The molecule has 0 spiro atoms. The van der Waals surface area contributed by atoms with Gasteiger partial charge in [0.15, 0.2) is 0 Å². The summed E-state index contributed by atoms with van der Waals surface area (Å²) in [6, 6.07) is 12.9. The van der Waals surface area contributed by atoms with E-state index in [-0.39, 0.29) is 11.6 Å². The molecule has 0 amide bonds. The number of nitrogens with one attached hydrogen (secondary N) is 1. The number of pyridine rings is 2. The summed E-state index contributed by atoms with van der Waals surface area (Å²) in [4.78, 5) is 7.55. The Bertz CT molecular complexity index is 1700. The van der Waals surface area contributed by atoms with Gasteiger partial charge in [-0.1, -0.05) is 6.07 Å². The van der Waals surface area contributed by atoms with E-state index in [2.05, 4.69) is 24.9 Å². The van der Waals surface area contributed by atoms with Gasteiger partial charge in [-0.2, -0.15) is 10.2 Å². The Labute approximate surface area is 204 Å². The molecule has 2 aromatic carbocycles. The van der Waals surface area contributed by atoms with Crippen molar-refractivity contribution < 1.29 is 21.9 Å². The zero-order valence-corrected chi connectivity index (χ0v) is 19.5. The fraction of sp³-hybridized carbons (Fsp3) is 0.0400. The van der Waals surface area contributed by atoms with Crippen LogP contribution in [0.4, 0.5) is 14.5 Å². The second-order valence-corrected chi connectivity index (χ2v) is 9.34. The summed E-state index contributed by atoms with van der Waals surface area (Å²) in [6.45, 7) is 0. The standard InChI is InChI=1S/C25H17F2N5O3S/c1-35-25-23(32-36(33,34)24-5-3-18(26)12-21(24)27)11-17(13-29-25)16-2-4-22-19(10-16)20(14-30-31-22)15-6-8-28-9-7-15/h2-14,32H,1H3. The Morgan fingerprint density at radius 2 is 1.69 bits per heavy atom. The van der Waals surface area contributed by atoms with Crippen LogP contribution in [0.3, 0.4) is 0 Å². The van der Waals surface area contributed by atoms with Crippen LogP contribution in [0, 0.1) is 11.6 Å². The van der Waals surface area contributed by atoms with E-state index in [1.165, 1.54) is 19.4 Å². The summed E-state index contributed by atoms with van der Waals surface area (Å²) in [5.74, 6) is -2.13. The number of halogens is 2. The zero-order valence-electron chi connectivity index (χ0n) is 18.7. The molecule has 5 rings (SSSR count). The third-order valence-electron chi connectivity index (χ3n) is 5.44.